The summed E-state index contributed by atoms with van der Waals surface area (Å²) < 4.78 is 5.24. The highest BCUT2D eigenvalue weighted by Crippen LogP contribution is 2.38. The molecule has 5 heteroatoms. The van der Waals surface area contributed by atoms with Crippen molar-refractivity contribution in [1.29, 1.82) is 0 Å². The van der Waals surface area contributed by atoms with Crippen LogP contribution < -0.4 is 4.74 Å². The molecule has 31 heavy (non-hydrogen) atoms. The standard InChI is InChI=1S/C26H23NO3S/c1-30-22-14-12-21(13-15-22)23-24(31-18-20-10-6-3-7-11-20)26(29)27(25(23)28)17-16-19-8-4-2-5-9-19/h2-15H,16-18H2,1H3. The highest BCUT2D eigenvalue weighted by molar-refractivity contribution is 8.03. The van der Waals surface area contributed by atoms with Gasteiger partial charge in [0.25, 0.3) is 11.8 Å². The summed E-state index contributed by atoms with van der Waals surface area (Å²) in [5.41, 5.74) is 3.41. The van der Waals surface area contributed by atoms with Crippen LogP contribution in [0, 0.1) is 0 Å². The van der Waals surface area contributed by atoms with Gasteiger partial charge in [-0.25, -0.2) is 0 Å². The van der Waals surface area contributed by atoms with Crippen LogP contribution in [0.5, 0.6) is 5.75 Å². The van der Waals surface area contributed by atoms with Crippen molar-refractivity contribution in [2.75, 3.05) is 13.7 Å². The van der Waals surface area contributed by atoms with Crippen LogP contribution in [-0.2, 0) is 21.8 Å². The minimum absolute atomic E-state index is 0.215. The number of rotatable bonds is 8. The Morgan fingerprint density at radius 3 is 2.00 bits per heavy atom. The molecule has 1 aliphatic heterocycles. The van der Waals surface area contributed by atoms with Gasteiger partial charge in [0.2, 0.25) is 0 Å². The fourth-order valence-corrected chi connectivity index (χ4v) is 4.61. The van der Waals surface area contributed by atoms with Gasteiger partial charge in [-0.05, 0) is 35.2 Å². The van der Waals surface area contributed by atoms with Crippen LogP contribution in [0.25, 0.3) is 5.57 Å². The molecule has 4 nitrogen and oxygen atoms in total. The molecular weight excluding hydrogens is 406 g/mol. The van der Waals surface area contributed by atoms with Crippen molar-refractivity contribution in [1.82, 2.24) is 4.90 Å². The normalized spacial score (nSPS) is 13.8. The largest absolute Gasteiger partial charge is 0.497 e. The SMILES string of the molecule is COc1ccc(C2=C(SCc3ccccc3)C(=O)N(CCc3ccccc3)C2=O)cc1. The maximum absolute atomic E-state index is 13.3. The minimum Gasteiger partial charge on any atom is -0.497 e. The second-order valence-electron chi connectivity index (χ2n) is 7.20. The van der Waals surface area contributed by atoms with E-state index in [1.165, 1.54) is 16.7 Å². The molecule has 0 saturated carbocycles. The van der Waals surface area contributed by atoms with Gasteiger partial charge in [0.15, 0.2) is 0 Å². The second kappa shape index (κ2) is 9.67. The first-order valence-electron chi connectivity index (χ1n) is 10.1. The lowest BCUT2D eigenvalue weighted by molar-refractivity contribution is -0.136. The summed E-state index contributed by atoms with van der Waals surface area (Å²) in [6.45, 7) is 0.358. The van der Waals surface area contributed by atoms with E-state index in [2.05, 4.69) is 0 Å². The minimum atomic E-state index is -0.235. The molecule has 0 radical (unpaired) electrons. The van der Waals surface area contributed by atoms with Crippen molar-refractivity contribution in [2.45, 2.75) is 12.2 Å². The fourth-order valence-electron chi connectivity index (χ4n) is 3.52. The lowest BCUT2D eigenvalue weighted by atomic mass is 10.1. The number of carbonyl (C=O) groups excluding carboxylic acids is 2. The topological polar surface area (TPSA) is 46.6 Å². The zero-order valence-corrected chi connectivity index (χ0v) is 18.1. The number of carbonyl (C=O) groups is 2. The molecule has 2 amide bonds. The van der Waals surface area contributed by atoms with E-state index in [0.717, 1.165) is 16.7 Å². The lowest BCUT2D eigenvalue weighted by Crippen LogP contribution is -2.33. The quantitative estimate of drug-likeness (QED) is 0.475. The average molecular weight is 430 g/mol. The molecule has 0 unspecified atom stereocenters. The van der Waals surface area contributed by atoms with Crippen LogP contribution in [0.2, 0.25) is 0 Å². The monoisotopic (exact) mass is 429 g/mol. The van der Waals surface area contributed by atoms with Gasteiger partial charge >= 0.3 is 0 Å². The Bertz CT molecular complexity index is 1090. The predicted molar refractivity (Wildman–Crippen MR) is 125 cm³/mol. The summed E-state index contributed by atoms with van der Waals surface area (Å²) in [6, 6.07) is 27.2. The Morgan fingerprint density at radius 1 is 0.774 bits per heavy atom. The van der Waals surface area contributed by atoms with E-state index in [1.54, 1.807) is 7.11 Å². The van der Waals surface area contributed by atoms with Gasteiger partial charge < -0.3 is 4.74 Å². The number of benzene rings is 3. The van der Waals surface area contributed by atoms with Crippen LogP contribution in [0.3, 0.4) is 0 Å². The number of hydrogen-bond donors (Lipinski definition) is 0. The molecule has 0 saturated heterocycles. The molecule has 4 rings (SSSR count). The fraction of sp³-hybridized carbons (Fsp3) is 0.154. The molecule has 1 aliphatic rings. The second-order valence-corrected chi connectivity index (χ2v) is 8.19. The van der Waals surface area contributed by atoms with E-state index in [-0.39, 0.29) is 11.8 Å². The summed E-state index contributed by atoms with van der Waals surface area (Å²) in [5, 5.41) is 0. The molecule has 3 aromatic carbocycles. The van der Waals surface area contributed by atoms with Crippen molar-refractivity contribution in [2.24, 2.45) is 0 Å². The molecule has 0 aliphatic carbocycles. The van der Waals surface area contributed by atoms with Crippen LogP contribution in [0.15, 0.2) is 89.8 Å². The smallest absolute Gasteiger partial charge is 0.268 e. The Kier molecular flexibility index (Phi) is 6.53. The van der Waals surface area contributed by atoms with Crippen LogP contribution in [0.1, 0.15) is 16.7 Å². The van der Waals surface area contributed by atoms with Crippen molar-refractivity contribution in [3.8, 4) is 5.75 Å². The first kappa shape index (κ1) is 20.9. The maximum Gasteiger partial charge on any atom is 0.268 e. The zero-order valence-electron chi connectivity index (χ0n) is 17.3. The number of thioether (sulfide) groups is 1. The van der Waals surface area contributed by atoms with Gasteiger partial charge in [0, 0.05) is 12.3 Å². The summed E-state index contributed by atoms with van der Waals surface area (Å²) >= 11 is 1.42. The van der Waals surface area contributed by atoms with Gasteiger partial charge in [0.05, 0.1) is 17.6 Å². The van der Waals surface area contributed by atoms with Crippen molar-refractivity contribution in [3.63, 3.8) is 0 Å². The predicted octanol–water partition coefficient (Wildman–Crippen LogP) is 4.95. The molecule has 3 aromatic rings. The lowest BCUT2D eigenvalue weighted by Gasteiger charge is -2.15. The van der Waals surface area contributed by atoms with Gasteiger partial charge in [-0.15, -0.1) is 11.8 Å². The van der Waals surface area contributed by atoms with Crippen LogP contribution >= 0.6 is 11.8 Å². The molecule has 0 aromatic heterocycles. The van der Waals surface area contributed by atoms with Gasteiger partial charge in [-0.3, -0.25) is 14.5 Å². The van der Waals surface area contributed by atoms with Crippen LogP contribution in [0.4, 0.5) is 0 Å². The maximum atomic E-state index is 13.3. The van der Waals surface area contributed by atoms with E-state index in [0.29, 0.717) is 34.9 Å². The Labute approximate surface area is 186 Å². The molecule has 156 valence electrons. The summed E-state index contributed by atoms with van der Waals surface area (Å²) in [4.78, 5) is 28.5. The molecular formula is C26H23NO3S. The first-order valence-corrected chi connectivity index (χ1v) is 11.1. The van der Waals surface area contributed by atoms with Gasteiger partial charge in [-0.1, -0.05) is 72.8 Å². The highest BCUT2D eigenvalue weighted by Gasteiger charge is 2.38. The first-order chi connectivity index (χ1) is 15.2. The van der Waals surface area contributed by atoms with E-state index >= 15 is 0 Å². The summed E-state index contributed by atoms with van der Waals surface area (Å²) in [5.74, 6) is 0.886. The number of amides is 2. The molecule has 0 spiro atoms. The Morgan fingerprint density at radius 2 is 1.39 bits per heavy atom. The van der Waals surface area contributed by atoms with Gasteiger partial charge in [-0.2, -0.15) is 0 Å². The number of methoxy groups -OCH3 is 1. The third kappa shape index (κ3) is 4.72. The number of hydrogen-bond acceptors (Lipinski definition) is 4. The van der Waals surface area contributed by atoms with Crippen molar-refractivity contribution in [3.05, 3.63) is 107 Å². The van der Waals surface area contributed by atoms with E-state index < -0.39 is 0 Å². The van der Waals surface area contributed by atoms with E-state index in [4.69, 9.17) is 4.74 Å². The highest BCUT2D eigenvalue weighted by atomic mass is 32.2. The zero-order chi connectivity index (χ0) is 21.6. The van der Waals surface area contributed by atoms with Crippen LogP contribution in [-0.4, -0.2) is 30.4 Å². The summed E-state index contributed by atoms with van der Waals surface area (Å²) in [7, 11) is 1.60. The molecule has 0 N–H and O–H groups in total. The molecule has 0 fully saturated rings. The molecule has 0 bridgehead atoms. The van der Waals surface area contributed by atoms with E-state index in [9.17, 15) is 9.59 Å². The number of ether oxygens (including phenoxy) is 1. The summed E-state index contributed by atoms with van der Waals surface area (Å²) in [6.07, 6.45) is 0.630. The average Bonchev–Trinajstić information content (AvgIpc) is 3.06. The third-order valence-corrected chi connectivity index (χ3v) is 6.34. The van der Waals surface area contributed by atoms with Gasteiger partial charge in [0.1, 0.15) is 5.75 Å². The number of imide groups is 1. The van der Waals surface area contributed by atoms with Crippen molar-refractivity contribution >= 4 is 29.1 Å². The third-order valence-electron chi connectivity index (χ3n) is 5.20. The van der Waals surface area contributed by atoms with Crippen molar-refractivity contribution < 1.29 is 14.3 Å². The van der Waals surface area contributed by atoms with E-state index in [1.807, 2.05) is 84.9 Å². The number of nitrogens with zero attached hydrogens (tertiary/aromatic N) is 1. The Hall–Kier alpha value is -3.31. The Balaban J connectivity index is 1.61. The molecule has 1 heterocycles. The molecule has 0 atom stereocenters.